The van der Waals surface area contributed by atoms with Crippen LogP contribution in [0.4, 0.5) is 5.69 Å². The summed E-state index contributed by atoms with van der Waals surface area (Å²) in [7, 11) is 0. The Morgan fingerprint density at radius 1 is 1.04 bits per heavy atom. The third kappa shape index (κ3) is 3.03. The largest absolute Gasteiger partial charge is 0.325 e. The van der Waals surface area contributed by atoms with Crippen molar-refractivity contribution in [3.05, 3.63) is 86.3 Å². The minimum absolute atomic E-state index is 0.00550. The van der Waals surface area contributed by atoms with Gasteiger partial charge in [-0.1, -0.05) is 24.3 Å². The standard InChI is InChI=1S/C19H13N3O3/c1-12-10-17(18(11-20)19(23)21-12)16-5-3-2-4-15(16)13-6-8-14(9-7-13)22(24)25/h2-10H,1H3,(H,21,23). The van der Waals surface area contributed by atoms with Crippen molar-refractivity contribution in [3.8, 4) is 28.3 Å². The van der Waals surface area contributed by atoms with Crippen LogP contribution in [0.2, 0.25) is 0 Å². The fraction of sp³-hybridized carbons (Fsp3) is 0.0526. The van der Waals surface area contributed by atoms with Gasteiger partial charge in [-0.25, -0.2) is 0 Å². The number of nitrogens with one attached hydrogen (secondary N) is 1. The SMILES string of the molecule is Cc1cc(-c2ccccc2-c2ccc([N+](=O)[O-])cc2)c(C#N)c(=O)[nH]1. The normalized spacial score (nSPS) is 10.2. The number of aromatic nitrogens is 1. The number of non-ortho nitro benzene ring substituents is 1. The number of nitro benzene ring substituents is 1. The van der Waals surface area contributed by atoms with Crippen molar-refractivity contribution in [1.29, 1.82) is 5.26 Å². The van der Waals surface area contributed by atoms with E-state index in [2.05, 4.69) is 4.98 Å². The van der Waals surface area contributed by atoms with E-state index >= 15 is 0 Å². The molecule has 0 atom stereocenters. The van der Waals surface area contributed by atoms with Gasteiger partial charge >= 0.3 is 0 Å². The maximum absolute atomic E-state index is 12.1. The predicted octanol–water partition coefficient (Wildman–Crippen LogP) is 3.80. The van der Waals surface area contributed by atoms with Gasteiger partial charge in [0.25, 0.3) is 11.2 Å². The zero-order valence-corrected chi connectivity index (χ0v) is 13.3. The number of nitrogens with zero attached hydrogens (tertiary/aromatic N) is 2. The van der Waals surface area contributed by atoms with Crippen LogP contribution in [0, 0.1) is 28.4 Å². The van der Waals surface area contributed by atoms with Crippen LogP contribution >= 0.6 is 0 Å². The molecule has 0 saturated carbocycles. The van der Waals surface area contributed by atoms with Crippen molar-refractivity contribution in [2.45, 2.75) is 6.92 Å². The van der Waals surface area contributed by atoms with E-state index in [0.29, 0.717) is 11.3 Å². The molecule has 1 aromatic heterocycles. The highest BCUT2D eigenvalue weighted by molar-refractivity contribution is 5.86. The molecule has 3 rings (SSSR count). The summed E-state index contributed by atoms with van der Waals surface area (Å²) < 4.78 is 0. The molecule has 0 aliphatic carbocycles. The van der Waals surface area contributed by atoms with Crippen molar-refractivity contribution >= 4 is 5.69 Å². The molecular weight excluding hydrogens is 318 g/mol. The topological polar surface area (TPSA) is 99.8 Å². The van der Waals surface area contributed by atoms with Crippen LogP contribution < -0.4 is 5.56 Å². The Morgan fingerprint density at radius 2 is 1.68 bits per heavy atom. The molecule has 0 bridgehead atoms. The molecule has 0 radical (unpaired) electrons. The molecule has 0 unspecified atom stereocenters. The van der Waals surface area contributed by atoms with E-state index in [4.69, 9.17) is 0 Å². The Kier molecular flexibility index (Phi) is 4.14. The summed E-state index contributed by atoms with van der Waals surface area (Å²) in [6.07, 6.45) is 0. The van der Waals surface area contributed by atoms with Gasteiger partial charge in [-0.15, -0.1) is 0 Å². The van der Waals surface area contributed by atoms with E-state index < -0.39 is 10.5 Å². The van der Waals surface area contributed by atoms with E-state index in [1.165, 1.54) is 12.1 Å². The highest BCUT2D eigenvalue weighted by atomic mass is 16.6. The molecule has 25 heavy (non-hydrogen) atoms. The van der Waals surface area contributed by atoms with Crippen molar-refractivity contribution in [2.24, 2.45) is 0 Å². The first-order chi connectivity index (χ1) is 12.0. The molecule has 6 nitrogen and oxygen atoms in total. The second-order valence-electron chi connectivity index (χ2n) is 5.53. The Hall–Kier alpha value is -3.72. The maximum atomic E-state index is 12.1. The van der Waals surface area contributed by atoms with Gasteiger partial charge in [0.05, 0.1) is 4.92 Å². The van der Waals surface area contributed by atoms with Crippen LogP contribution in [0.25, 0.3) is 22.3 Å². The smallest absolute Gasteiger partial charge is 0.269 e. The van der Waals surface area contributed by atoms with Gasteiger partial charge in [0.1, 0.15) is 11.6 Å². The molecule has 122 valence electrons. The number of aryl methyl sites for hydroxylation is 1. The summed E-state index contributed by atoms with van der Waals surface area (Å²) in [5, 5.41) is 20.2. The molecule has 6 heteroatoms. The average molecular weight is 331 g/mol. The first-order valence-corrected chi connectivity index (χ1v) is 7.49. The summed E-state index contributed by atoms with van der Waals surface area (Å²) in [5.74, 6) is 0. The first-order valence-electron chi connectivity index (χ1n) is 7.49. The van der Waals surface area contributed by atoms with Crippen LogP contribution in [-0.2, 0) is 0 Å². The van der Waals surface area contributed by atoms with Crippen LogP contribution in [0.15, 0.2) is 59.4 Å². The first kappa shape index (κ1) is 16.1. The molecular formula is C19H13N3O3. The Bertz CT molecular complexity index is 1060. The number of nitro groups is 1. The molecule has 3 aromatic rings. The Balaban J connectivity index is 2.23. The lowest BCUT2D eigenvalue weighted by Gasteiger charge is -2.12. The second-order valence-corrected chi connectivity index (χ2v) is 5.53. The van der Waals surface area contributed by atoms with Gasteiger partial charge in [0, 0.05) is 23.4 Å². The number of aromatic amines is 1. The predicted molar refractivity (Wildman–Crippen MR) is 94.0 cm³/mol. The van der Waals surface area contributed by atoms with Crippen molar-refractivity contribution in [2.75, 3.05) is 0 Å². The van der Waals surface area contributed by atoms with Crippen LogP contribution in [0.5, 0.6) is 0 Å². The minimum Gasteiger partial charge on any atom is -0.325 e. The molecule has 0 spiro atoms. The van der Waals surface area contributed by atoms with Gasteiger partial charge in [-0.2, -0.15) is 5.26 Å². The summed E-state index contributed by atoms with van der Waals surface area (Å²) in [6.45, 7) is 1.75. The fourth-order valence-corrected chi connectivity index (χ4v) is 2.74. The monoisotopic (exact) mass is 331 g/mol. The molecule has 2 aromatic carbocycles. The lowest BCUT2D eigenvalue weighted by atomic mass is 9.92. The molecule has 0 aliphatic heterocycles. The molecule has 0 amide bonds. The van der Waals surface area contributed by atoms with Gasteiger partial charge in [-0.05, 0) is 41.8 Å². The van der Waals surface area contributed by atoms with Gasteiger partial charge < -0.3 is 4.98 Å². The summed E-state index contributed by atoms with van der Waals surface area (Å²) in [6, 6.07) is 17.2. The summed E-state index contributed by atoms with van der Waals surface area (Å²) in [4.78, 5) is 25.1. The number of pyridine rings is 1. The van der Waals surface area contributed by atoms with Gasteiger partial charge in [0.15, 0.2) is 0 Å². The zero-order chi connectivity index (χ0) is 18.0. The lowest BCUT2D eigenvalue weighted by Crippen LogP contribution is -2.12. The Labute approximate surface area is 143 Å². The van der Waals surface area contributed by atoms with Crippen molar-refractivity contribution in [3.63, 3.8) is 0 Å². The highest BCUT2D eigenvalue weighted by Crippen LogP contribution is 2.33. The van der Waals surface area contributed by atoms with Crippen molar-refractivity contribution < 1.29 is 4.92 Å². The number of H-pyrrole nitrogens is 1. The third-order valence-electron chi connectivity index (χ3n) is 3.89. The van der Waals surface area contributed by atoms with Crippen LogP contribution in [-0.4, -0.2) is 9.91 Å². The van der Waals surface area contributed by atoms with Crippen LogP contribution in [0.3, 0.4) is 0 Å². The van der Waals surface area contributed by atoms with Crippen LogP contribution in [0.1, 0.15) is 11.3 Å². The molecule has 0 fully saturated rings. The second kappa shape index (κ2) is 6.42. The number of rotatable bonds is 3. The fourth-order valence-electron chi connectivity index (χ4n) is 2.74. The van der Waals surface area contributed by atoms with E-state index in [0.717, 1.165) is 16.7 Å². The van der Waals surface area contributed by atoms with Gasteiger partial charge in [0.2, 0.25) is 0 Å². The zero-order valence-electron chi connectivity index (χ0n) is 13.3. The lowest BCUT2D eigenvalue weighted by molar-refractivity contribution is -0.384. The van der Waals surface area contributed by atoms with Crippen molar-refractivity contribution in [1.82, 2.24) is 4.98 Å². The van der Waals surface area contributed by atoms with E-state index in [9.17, 15) is 20.2 Å². The quantitative estimate of drug-likeness (QED) is 0.583. The summed E-state index contributed by atoms with van der Waals surface area (Å²) in [5.41, 5.74) is 3.08. The number of benzene rings is 2. The molecule has 1 heterocycles. The highest BCUT2D eigenvalue weighted by Gasteiger charge is 2.15. The third-order valence-corrected chi connectivity index (χ3v) is 3.89. The van der Waals surface area contributed by atoms with Gasteiger partial charge in [-0.3, -0.25) is 14.9 Å². The molecule has 0 saturated heterocycles. The molecule has 1 N–H and O–H groups in total. The van der Waals surface area contributed by atoms with E-state index in [-0.39, 0.29) is 11.3 Å². The van der Waals surface area contributed by atoms with E-state index in [1.54, 1.807) is 25.1 Å². The van der Waals surface area contributed by atoms with E-state index in [1.807, 2.05) is 30.3 Å². The summed E-state index contributed by atoms with van der Waals surface area (Å²) >= 11 is 0. The molecule has 0 aliphatic rings. The minimum atomic E-state index is -0.455. The average Bonchev–Trinajstić information content (AvgIpc) is 2.61. The number of hydrogen-bond donors (Lipinski definition) is 1. The number of nitriles is 1. The maximum Gasteiger partial charge on any atom is 0.269 e. The Morgan fingerprint density at radius 3 is 2.28 bits per heavy atom. The number of hydrogen-bond acceptors (Lipinski definition) is 4.